The van der Waals surface area contributed by atoms with Crippen molar-refractivity contribution in [1.29, 1.82) is 0 Å². The third kappa shape index (κ3) is 2.69. The minimum absolute atomic E-state index is 0.143. The van der Waals surface area contributed by atoms with Crippen LogP contribution < -0.4 is 0 Å². The number of aliphatic hydroxyl groups is 1. The maximum absolute atomic E-state index is 9.36. The third-order valence-corrected chi connectivity index (χ3v) is 3.08. The third-order valence-electron chi connectivity index (χ3n) is 3.08. The molecule has 1 N–H and O–H groups in total. The fourth-order valence-electron chi connectivity index (χ4n) is 1.72. The molecule has 0 aromatic heterocycles. The standard InChI is InChI=1S/C14H20O/c1-5-14(4,10-15)9-13-11(2)7-6-8-12(13)3/h5-8,15H,1,9-10H2,2-4H3. The van der Waals surface area contributed by atoms with Gasteiger partial charge in [0.15, 0.2) is 0 Å². The Bertz CT molecular complexity index is 334. The maximum atomic E-state index is 9.36. The minimum atomic E-state index is -0.211. The number of benzene rings is 1. The Kier molecular flexibility index (Phi) is 3.70. The normalized spacial score (nSPS) is 14.7. The van der Waals surface area contributed by atoms with Gasteiger partial charge in [-0.3, -0.25) is 0 Å². The van der Waals surface area contributed by atoms with E-state index in [-0.39, 0.29) is 12.0 Å². The fraction of sp³-hybridized carbons (Fsp3) is 0.429. The second-order valence-corrected chi connectivity index (χ2v) is 4.56. The Morgan fingerprint density at radius 3 is 2.27 bits per heavy atom. The zero-order chi connectivity index (χ0) is 11.5. The van der Waals surface area contributed by atoms with E-state index in [9.17, 15) is 5.11 Å². The van der Waals surface area contributed by atoms with E-state index < -0.39 is 0 Å². The van der Waals surface area contributed by atoms with Gasteiger partial charge in [-0.15, -0.1) is 6.58 Å². The van der Waals surface area contributed by atoms with Gasteiger partial charge in [0.1, 0.15) is 0 Å². The molecule has 1 aromatic rings. The largest absolute Gasteiger partial charge is 0.395 e. The number of rotatable bonds is 4. The SMILES string of the molecule is C=CC(C)(CO)Cc1c(C)cccc1C. The van der Waals surface area contributed by atoms with Gasteiger partial charge in [-0.1, -0.05) is 31.2 Å². The summed E-state index contributed by atoms with van der Waals surface area (Å²) in [4.78, 5) is 0. The van der Waals surface area contributed by atoms with E-state index in [1.54, 1.807) is 0 Å². The lowest BCUT2D eigenvalue weighted by Crippen LogP contribution is -2.22. The summed E-state index contributed by atoms with van der Waals surface area (Å²) in [6.45, 7) is 10.2. The highest BCUT2D eigenvalue weighted by Crippen LogP contribution is 2.26. The van der Waals surface area contributed by atoms with Gasteiger partial charge in [0.25, 0.3) is 0 Å². The molecule has 0 spiro atoms. The van der Waals surface area contributed by atoms with E-state index in [1.807, 2.05) is 13.0 Å². The van der Waals surface area contributed by atoms with Crippen LogP contribution in [0.25, 0.3) is 0 Å². The second-order valence-electron chi connectivity index (χ2n) is 4.56. The van der Waals surface area contributed by atoms with Crippen molar-refractivity contribution in [3.8, 4) is 0 Å². The van der Waals surface area contributed by atoms with Crippen LogP contribution >= 0.6 is 0 Å². The molecule has 1 heteroatoms. The molecule has 0 aliphatic heterocycles. The lowest BCUT2D eigenvalue weighted by molar-refractivity contribution is 0.184. The summed E-state index contributed by atoms with van der Waals surface area (Å²) in [6.07, 6.45) is 2.70. The average molecular weight is 204 g/mol. The van der Waals surface area contributed by atoms with Crippen LogP contribution in [0.3, 0.4) is 0 Å². The highest BCUT2D eigenvalue weighted by molar-refractivity contribution is 5.34. The van der Waals surface area contributed by atoms with E-state index in [0.29, 0.717) is 0 Å². The molecule has 0 fully saturated rings. The first-order valence-corrected chi connectivity index (χ1v) is 5.32. The zero-order valence-corrected chi connectivity index (χ0v) is 9.88. The Labute approximate surface area is 92.5 Å². The molecule has 0 heterocycles. The summed E-state index contributed by atoms with van der Waals surface area (Å²) in [5.74, 6) is 0. The summed E-state index contributed by atoms with van der Waals surface area (Å²) in [6, 6.07) is 6.30. The lowest BCUT2D eigenvalue weighted by Gasteiger charge is -2.25. The molecule has 0 amide bonds. The first kappa shape index (κ1) is 12.0. The summed E-state index contributed by atoms with van der Waals surface area (Å²) in [5.41, 5.74) is 3.69. The second kappa shape index (κ2) is 4.63. The molecule has 0 saturated heterocycles. The molecule has 1 nitrogen and oxygen atoms in total. The summed E-state index contributed by atoms with van der Waals surface area (Å²) in [7, 11) is 0. The average Bonchev–Trinajstić information content (AvgIpc) is 2.23. The van der Waals surface area contributed by atoms with Gasteiger partial charge in [0.05, 0.1) is 6.61 Å². The number of hydrogen-bond acceptors (Lipinski definition) is 1. The Morgan fingerprint density at radius 2 is 1.87 bits per heavy atom. The Balaban J connectivity index is 3.03. The molecule has 1 atom stereocenters. The quantitative estimate of drug-likeness (QED) is 0.747. The first-order valence-electron chi connectivity index (χ1n) is 5.32. The zero-order valence-electron chi connectivity index (χ0n) is 9.88. The highest BCUT2D eigenvalue weighted by atomic mass is 16.3. The predicted octanol–water partition coefficient (Wildman–Crippen LogP) is 3.03. The van der Waals surface area contributed by atoms with Crippen LogP contribution in [0.15, 0.2) is 30.9 Å². The van der Waals surface area contributed by atoms with Crippen molar-refractivity contribution in [3.05, 3.63) is 47.5 Å². The van der Waals surface area contributed by atoms with E-state index in [2.05, 4.69) is 38.6 Å². The Hall–Kier alpha value is -1.08. The monoisotopic (exact) mass is 204 g/mol. The minimum Gasteiger partial charge on any atom is -0.395 e. The topological polar surface area (TPSA) is 20.2 Å². The van der Waals surface area contributed by atoms with Gasteiger partial charge >= 0.3 is 0 Å². The van der Waals surface area contributed by atoms with Crippen LogP contribution in [-0.4, -0.2) is 11.7 Å². The Morgan fingerprint density at radius 1 is 1.33 bits per heavy atom. The number of aryl methyl sites for hydroxylation is 2. The van der Waals surface area contributed by atoms with Crippen molar-refractivity contribution >= 4 is 0 Å². The molecular formula is C14H20O. The van der Waals surface area contributed by atoms with Crippen LogP contribution in [0.2, 0.25) is 0 Å². The summed E-state index contributed by atoms with van der Waals surface area (Å²) >= 11 is 0. The molecule has 0 saturated carbocycles. The molecule has 0 bridgehead atoms. The smallest absolute Gasteiger partial charge is 0.0522 e. The molecule has 1 rings (SSSR count). The summed E-state index contributed by atoms with van der Waals surface area (Å²) < 4.78 is 0. The fourth-order valence-corrected chi connectivity index (χ4v) is 1.72. The van der Waals surface area contributed by atoms with Crippen molar-refractivity contribution in [2.24, 2.45) is 5.41 Å². The number of aliphatic hydroxyl groups excluding tert-OH is 1. The van der Waals surface area contributed by atoms with Crippen molar-refractivity contribution < 1.29 is 5.11 Å². The van der Waals surface area contributed by atoms with E-state index in [0.717, 1.165) is 6.42 Å². The molecule has 1 unspecified atom stereocenters. The molecule has 82 valence electrons. The molecule has 0 aliphatic carbocycles. The van der Waals surface area contributed by atoms with Gasteiger partial charge in [-0.25, -0.2) is 0 Å². The number of hydrogen-bond donors (Lipinski definition) is 1. The molecule has 0 aliphatic rings. The van der Waals surface area contributed by atoms with Gasteiger partial charge in [0.2, 0.25) is 0 Å². The molecule has 1 aromatic carbocycles. The van der Waals surface area contributed by atoms with E-state index >= 15 is 0 Å². The van der Waals surface area contributed by atoms with Crippen LogP contribution in [0, 0.1) is 19.3 Å². The van der Waals surface area contributed by atoms with Crippen LogP contribution in [0.4, 0.5) is 0 Å². The van der Waals surface area contributed by atoms with E-state index in [1.165, 1.54) is 16.7 Å². The maximum Gasteiger partial charge on any atom is 0.0522 e. The van der Waals surface area contributed by atoms with Crippen molar-refractivity contribution in [2.45, 2.75) is 27.2 Å². The van der Waals surface area contributed by atoms with Gasteiger partial charge < -0.3 is 5.11 Å². The predicted molar refractivity (Wildman–Crippen MR) is 65.0 cm³/mol. The summed E-state index contributed by atoms with van der Waals surface area (Å²) in [5, 5.41) is 9.36. The molecule has 0 radical (unpaired) electrons. The highest BCUT2D eigenvalue weighted by Gasteiger charge is 2.21. The van der Waals surface area contributed by atoms with Crippen LogP contribution in [0.1, 0.15) is 23.6 Å². The first-order chi connectivity index (χ1) is 7.02. The van der Waals surface area contributed by atoms with Crippen LogP contribution in [-0.2, 0) is 6.42 Å². The molecular weight excluding hydrogens is 184 g/mol. The van der Waals surface area contributed by atoms with Gasteiger partial charge in [-0.05, 0) is 37.0 Å². The van der Waals surface area contributed by atoms with Gasteiger partial charge in [-0.2, -0.15) is 0 Å². The van der Waals surface area contributed by atoms with Crippen LogP contribution in [0.5, 0.6) is 0 Å². The van der Waals surface area contributed by atoms with Gasteiger partial charge in [0, 0.05) is 5.41 Å². The van der Waals surface area contributed by atoms with Crippen molar-refractivity contribution in [2.75, 3.05) is 6.61 Å². The van der Waals surface area contributed by atoms with E-state index in [4.69, 9.17) is 0 Å². The van der Waals surface area contributed by atoms with Crippen molar-refractivity contribution in [1.82, 2.24) is 0 Å². The molecule has 15 heavy (non-hydrogen) atoms. The lowest BCUT2D eigenvalue weighted by atomic mass is 9.82. The van der Waals surface area contributed by atoms with Crippen molar-refractivity contribution in [3.63, 3.8) is 0 Å².